The van der Waals surface area contributed by atoms with Crippen LogP contribution >= 0.6 is 0 Å². The van der Waals surface area contributed by atoms with Gasteiger partial charge in [-0.2, -0.15) is 0 Å². The Bertz CT molecular complexity index is 1400. The van der Waals surface area contributed by atoms with E-state index in [2.05, 4.69) is 34.4 Å². The molecule has 0 radical (unpaired) electrons. The van der Waals surface area contributed by atoms with Crippen LogP contribution in [0.1, 0.15) is 56.9 Å². The maximum absolute atomic E-state index is 14.1. The van der Waals surface area contributed by atoms with Crippen molar-refractivity contribution in [3.8, 4) is 0 Å². The van der Waals surface area contributed by atoms with Crippen molar-refractivity contribution >= 4 is 29.9 Å². The summed E-state index contributed by atoms with van der Waals surface area (Å²) in [5.74, 6) is -1.91. The minimum Gasteiger partial charge on any atom is -0.380 e. The van der Waals surface area contributed by atoms with Crippen LogP contribution in [0, 0.1) is 0 Å². The van der Waals surface area contributed by atoms with E-state index >= 15 is 0 Å². The molecule has 272 valence electrons. The van der Waals surface area contributed by atoms with Crippen molar-refractivity contribution < 1.29 is 28.7 Å². The summed E-state index contributed by atoms with van der Waals surface area (Å²) in [6.45, 7) is 8.45. The molecule has 0 aromatic heterocycles. The quantitative estimate of drug-likeness (QED) is 0.0741. The van der Waals surface area contributed by atoms with Crippen molar-refractivity contribution in [2.75, 3.05) is 27.2 Å². The summed E-state index contributed by atoms with van der Waals surface area (Å²) < 4.78 is 5.59. The summed E-state index contributed by atoms with van der Waals surface area (Å²) in [4.78, 5) is 68.8. The highest BCUT2D eigenvalue weighted by atomic mass is 16.5. The zero-order chi connectivity index (χ0) is 36.5. The van der Waals surface area contributed by atoms with E-state index in [0.717, 1.165) is 12.0 Å². The molecule has 0 bridgehead atoms. The summed E-state index contributed by atoms with van der Waals surface area (Å²) in [6, 6.07) is 5.16. The highest BCUT2D eigenvalue weighted by Crippen LogP contribution is 2.24. The Morgan fingerprint density at radius 3 is 2.44 bits per heavy atom. The predicted molar refractivity (Wildman–Crippen MR) is 194 cm³/mol. The number of ether oxygens (including phenoxy) is 1. The topological polar surface area (TPSA) is 172 Å². The molecular formula is C38H54N6O6. The molecule has 6 N–H and O–H groups in total. The van der Waals surface area contributed by atoms with Gasteiger partial charge in [0.05, 0.1) is 18.2 Å². The van der Waals surface area contributed by atoms with Crippen LogP contribution in [0.25, 0.3) is 0 Å². The van der Waals surface area contributed by atoms with Crippen molar-refractivity contribution in [2.45, 2.75) is 94.1 Å². The van der Waals surface area contributed by atoms with Gasteiger partial charge in [-0.25, -0.2) is 0 Å². The van der Waals surface area contributed by atoms with Crippen LogP contribution < -0.4 is 27.0 Å². The second kappa shape index (κ2) is 21.0. The van der Waals surface area contributed by atoms with Crippen LogP contribution in [-0.2, 0) is 35.1 Å². The van der Waals surface area contributed by atoms with Crippen molar-refractivity contribution in [1.82, 2.24) is 26.2 Å². The van der Waals surface area contributed by atoms with E-state index in [0.29, 0.717) is 62.5 Å². The molecule has 0 spiro atoms. The van der Waals surface area contributed by atoms with Gasteiger partial charge in [-0.15, -0.1) is 6.58 Å². The molecule has 1 heterocycles. The Morgan fingerprint density at radius 1 is 1.06 bits per heavy atom. The van der Waals surface area contributed by atoms with Crippen molar-refractivity contribution in [3.63, 3.8) is 0 Å². The van der Waals surface area contributed by atoms with Gasteiger partial charge in [0.2, 0.25) is 23.6 Å². The number of likely N-dealkylation sites (N-methyl/N-ethyl adjacent to an activating group) is 1. The van der Waals surface area contributed by atoms with Crippen molar-refractivity contribution in [2.24, 2.45) is 5.73 Å². The molecule has 50 heavy (non-hydrogen) atoms. The van der Waals surface area contributed by atoms with Gasteiger partial charge in [0.15, 0.2) is 0 Å². The monoisotopic (exact) mass is 690 g/mol. The number of likely N-dealkylation sites (tertiary alicyclic amines) is 1. The molecule has 2 aliphatic rings. The van der Waals surface area contributed by atoms with Gasteiger partial charge < -0.3 is 41.4 Å². The van der Waals surface area contributed by atoms with E-state index in [4.69, 9.17) is 10.5 Å². The molecule has 1 aromatic rings. The predicted octanol–water partition coefficient (Wildman–Crippen LogP) is 2.01. The number of nitrogens with one attached hydrogen (secondary N) is 4. The number of nitrogens with two attached hydrogens (primary N) is 1. The lowest BCUT2D eigenvalue weighted by atomic mass is 9.97. The Labute approximate surface area is 296 Å². The first-order valence-electron chi connectivity index (χ1n) is 17.4. The number of unbranched alkanes of at least 4 members (excludes halogenated alkanes) is 1. The van der Waals surface area contributed by atoms with Crippen molar-refractivity contribution in [1.29, 1.82) is 0 Å². The van der Waals surface area contributed by atoms with Gasteiger partial charge in [0, 0.05) is 20.1 Å². The van der Waals surface area contributed by atoms with Gasteiger partial charge in [-0.3, -0.25) is 19.2 Å². The normalized spacial score (nSPS) is 19.3. The van der Waals surface area contributed by atoms with Crippen LogP contribution in [0.15, 0.2) is 78.9 Å². The van der Waals surface area contributed by atoms with Crippen LogP contribution in [-0.4, -0.2) is 98.4 Å². The standard InChI is InChI=1S/C38H54N6O6/c1-5-14-26(2)21-31(35(46)41-29(25-45)19-12-13-20-39)42-37(48)34(28-17-10-7-11-18-28)43-36(47)33-23-30(50-4)24-44(33)38(49)32(40-3)22-27-15-8-6-9-16-27/h5-6,8-10,15-18,25,29-34,40H,1-2,7,11-14,19-24,39H2,3-4H3,(H,41,46)(H,42,48)(H,43,47)/t29-,30?,31?,32-,33?,34-/m1/s1. The Balaban J connectivity index is 1.84. The molecule has 1 aliphatic heterocycles. The van der Waals surface area contributed by atoms with Crippen LogP contribution in [0.3, 0.4) is 0 Å². The third kappa shape index (κ3) is 11.9. The fourth-order valence-electron chi connectivity index (χ4n) is 6.22. The van der Waals surface area contributed by atoms with E-state index < -0.39 is 47.9 Å². The Hall–Kier alpha value is -4.39. The second-order valence-electron chi connectivity index (χ2n) is 12.8. The van der Waals surface area contributed by atoms with Gasteiger partial charge in [-0.1, -0.05) is 66.8 Å². The number of carbonyl (C=O) groups excluding carboxylic acids is 5. The smallest absolute Gasteiger partial charge is 0.247 e. The number of benzene rings is 1. The molecule has 6 atom stereocenters. The van der Waals surface area contributed by atoms with Crippen molar-refractivity contribution in [3.05, 3.63) is 84.5 Å². The van der Waals surface area contributed by atoms with E-state index in [-0.39, 0.29) is 31.4 Å². The number of rotatable bonds is 21. The number of amides is 4. The lowest BCUT2D eigenvalue weighted by Crippen LogP contribution is -2.58. The molecule has 3 unspecified atom stereocenters. The molecule has 1 aromatic carbocycles. The molecular weight excluding hydrogens is 636 g/mol. The number of methoxy groups -OCH3 is 1. The number of hydrogen-bond donors (Lipinski definition) is 5. The molecule has 4 amide bonds. The first-order valence-corrected chi connectivity index (χ1v) is 17.4. The van der Waals surface area contributed by atoms with Gasteiger partial charge >= 0.3 is 0 Å². The minimum atomic E-state index is -1.16. The SMILES string of the molecule is C=CCC(=C)CC(NC(=O)[C@H](NC(=O)C1CC(OC)CN1C(=O)[C@@H](Cc1ccccc1)NC)C1=CCCC=C1)C(=O)N[C@@H](C=O)CCCCN. The lowest BCUT2D eigenvalue weighted by molar-refractivity contribution is -0.140. The molecule has 12 nitrogen and oxygen atoms in total. The lowest BCUT2D eigenvalue weighted by Gasteiger charge is -2.30. The molecule has 3 rings (SSSR count). The molecule has 1 saturated heterocycles. The second-order valence-corrected chi connectivity index (χ2v) is 12.8. The number of aldehydes is 1. The minimum absolute atomic E-state index is 0.0980. The third-order valence-corrected chi connectivity index (χ3v) is 9.04. The highest BCUT2D eigenvalue weighted by Gasteiger charge is 2.43. The van der Waals surface area contributed by atoms with Crippen LogP contribution in [0.4, 0.5) is 0 Å². The summed E-state index contributed by atoms with van der Waals surface area (Å²) in [5.41, 5.74) is 7.78. The molecule has 0 saturated carbocycles. The fourth-order valence-corrected chi connectivity index (χ4v) is 6.22. The number of carbonyl (C=O) groups is 5. The first-order chi connectivity index (χ1) is 24.1. The Morgan fingerprint density at radius 2 is 1.82 bits per heavy atom. The maximum Gasteiger partial charge on any atom is 0.247 e. The highest BCUT2D eigenvalue weighted by molar-refractivity contribution is 5.97. The zero-order valence-electron chi connectivity index (χ0n) is 29.4. The van der Waals surface area contributed by atoms with Gasteiger partial charge in [0.1, 0.15) is 24.4 Å². The van der Waals surface area contributed by atoms with Crippen LogP contribution in [0.2, 0.25) is 0 Å². The average Bonchev–Trinajstić information content (AvgIpc) is 3.57. The Kier molecular flexibility index (Phi) is 16.8. The fraction of sp³-hybridized carbons (Fsp3) is 0.500. The van der Waals surface area contributed by atoms with E-state index in [9.17, 15) is 24.0 Å². The van der Waals surface area contributed by atoms with Gasteiger partial charge in [0.25, 0.3) is 0 Å². The maximum atomic E-state index is 14.1. The summed E-state index contributed by atoms with van der Waals surface area (Å²) >= 11 is 0. The number of allylic oxidation sites excluding steroid dienone is 3. The third-order valence-electron chi connectivity index (χ3n) is 9.04. The number of hydrogen-bond acceptors (Lipinski definition) is 8. The number of nitrogens with zero attached hydrogens (tertiary/aromatic N) is 1. The van der Waals surface area contributed by atoms with E-state index in [1.807, 2.05) is 42.5 Å². The zero-order valence-corrected chi connectivity index (χ0v) is 29.4. The molecule has 12 heteroatoms. The van der Waals surface area contributed by atoms with E-state index in [1.165, 1.54) is 4.90 Å². The first kappa shape index (κ1) is 40.0. The van der Waals surface area contributed by atoms with E-state index in [1.54, 1.807) is 26.3 Å². The van der Waals surface area contributed by atoms with Gasteiger partial charge in [-0.05, 0) is 76.1 Å². The largest absolute Gasteiger partial charge is 0.380 e. The summed E-state index contributed by atoms with van der Waals surface area (Å²) in [5, 5.41) is 11.5. The average molecular weight is 691 g/mol. The summed E-state index contributed by atoms with van der Waals surface area (Å²) in [7, 11) is 3.25. The molecule has 1 aliphatic carbocycles. The summed E-state index contributed by atoms with van der Waals surface area (Å²) in [6.07, 6.45) is 12.0. The van der Waals surface area contributed by atoms with Crippen LogP contribution in [0.5, 0.6) is 0 Å². The molecule has 1 fully saturated rings.